The summed E-state index contributed by atoms with van der Waals surface area (Å²) in [5.41, 5.74) is 3.74. The SMILES string of the molecule is CCN1C(=O)CCc2cc(NC(=O)NCc3ccncc3)ccc21. The van der Waals surface area contributed by atoms with Gasteiger partial charge in [0.2, 0.25) is 5.91 Å². The van der Waals surface area contributed by atoms with Gasteiger partial charge in [0.1, 0.15) is 0 Å². The van der Waals surface area contributed by atoms with E-state index in [1.54, 1.807) is 17.3 Å². The molecule has 3 rings (SSSR count). The highest BCUT2D eigenvalue weighted by Gasteiger charge is 2.22. The molecule has 1 aromatic carbocycles. The molecule has 1 aliphatic rings. The minimum atomic E-state index is -0.258. The molecule has 0 saturated carbocycles. The van der Waals surface area contributed by atoms with Gasteiger partial charge in [-0.25, -0.2) is 4.79 Å². The van der Waals surface area contributed by atoms with Gasteiger partial charge >= 0.3 is 6.03 Å². The van der Waals surface area contributed by atoms with E-state index in [-0.39, 0.29) is 11.9 Å². The molecule has 1 aliphatic heterocycles. The van der Waals surface area contributed by atoms with Crippen molar-refractivity contribution in [3.63, 3.8) is 0 Å². The molecule has 2 N–H and O–H groups in total. The second-order valence-corrected chi connectivity index (χ2v) is 5.64. The third kappa shape index (κ3) is 3.53. The predicted octanol–water partition coefficient (Wildman–Crippen LogP) is 2.70. The van der Waals surface area contributed by atoms with Crippen molar-refractivity contribution in [2.24, 2.45) is 0 Å². The number of urea groups is 1. The second-order valence-electron chi connectivity index (χ2n) is 5.64. The first-order valence-corrected chi connectivity index (χ1v) is 8.04. The molecule has 1 aromatic heterocycles. The van der Waals surface area contributed by atoms with Gasteiger partial charge in [0.25, 0.3) is 0 Å². The number of nitrogens with one attached hydrogen (secondary N) is 2. The molecule has 0 spiro atoms. The fraction of sp³-hybridized carbons (Fsp3) is 0.278. The molecule has 0 atom stereocenters. The lowest BCUT2D eigenvalue weighted by Gasteiger charge is -2.28. The first kappa shape index (κ1) is 16.0. The quantitative estimate of drug-likeness (QED) is 0.908. The molecule has 0 unspecified atom stereocenters. The van der Waals surface area contributed by atoms with Crippen LogP contribution in [-0.4, -0.2) is 23.5 Å². The fourth-order valence-electron chi connectivity index (χ4n) is 2.84. The molecule has 24 heavy (non-hydrogen) atoms. The van der Waals surface area contributed by atoms with Crippen LogP contribution in [0, 0.1) is 0 Å². The molecule has 0 radical (unpaired) electrons. The van der Waals surface area contributed by atoms with E-state index in [0.29, 0.717) is 25.9 Å². The van der Waals surface area contributed by atoms with Crippen LogP contribution in [0.2, 0.25) is 0 Å². The number of carbonyl (C=O) groups is 2. The summed E-state index contributed by atoms with van der Waals surface area (Å²) >= 11 is 0. The number of nitrogens with zero attached hydrogens (tertiary/aromatic N) is 2. The Morgan fingerprint density at radius 3 is 2.75 bits per heavy atom. The highest BCUT2D eigenvalue weighted by Crippen LogP contribution is 2.30. The number of hydrogen-bond donors (Lipinski definition) is 2. The number of fused-ring (bicyclic) bond motifs is 1. The summed E-state index contributed by atoms with van der Waals surface area (Å²) in [6.07, 6.45) is 4.61. The monoisotopic (exact) mass is 324 g/mol. The van der Waals surface area contributed by atoms with E-state index < -0.39 is 0 Å². The highest BCUT2D eigenvalue weighted by molar-refractivity contribution is 5.97. The summed E-state index contributed by atoms with van der Waals surface area (Å²) in [7, 11) is 0. The van der Waals surface area contributed by atoms with Crippen molar-refractivity contribution in [2.45, 2.75) is 26.3 Å². The van der Waals surface area contributed by atoms with E-state index in [4.69, 9.17) is 0 Å². The van der Waals surface area contributed by atoms with Gasteiger partial charge in [-0.3, -0.25) is 9.78 Å². The smallest absolute Gasteiger partial charge is 0.319 e. The molecule has 0 fully saturated rings. The van der Waals surface area contributed by atoms with Crippen LogP contribution in [-0.2, 0) is 17.8 Å². The topological polar surface area (TPSA) is 74.3 Å². The first-order chi connectivity index (χ1) is 11.7. The van der Waals surface area contributed by atoms with Gasteiger partial charge in [-0.15, -0.1) is 0 Å². The van der Waals surface area contributed by atoms with Crippen LogP contribution in [0.3, 0.4) is 0 Å². The van der Waals surface area contributed by atoms with Crippen molar-refractivity contribution in [2.75, 3.05) is 16.8 Å². The predicted molar refractivity (Wildman–Crippen MR) is 92.9 cm³/mol. The third-order valence-corrected chi connectivity index (χ3v) is 4.06. The Hall–Kier alpha value is -2.89. The lowest BCUT2D eigenvalue weighted by atomic mass is 10.0. The molecule has 3 amide bonds. The van der Waals surface area contributed by atoms with Crippen molar-refractivity contribution in [1.29, 1.82) is 0 Å². The minimum Gasteiger partial charge on any atom is -0.334 e. The average molecular weight is 324 g/mol. The normalized spacial score (nSPS) is 13.4. The molecule has 6 nitrogen and oxygen atoms in total. The van der Waals surface area contributed by atoms with E-state index in [9.17, 15) is 9.59 Å². The molecular formula is C18H20N4O2. The number of carbonyl (C=O) groups excluding carboxylic acids is 2. The summed E-state index contributed by atoms with van der Waals surface area (Å²) in [5, 5.41) is 5.65. The molecule has 6 heteroatoms. The van der Waals surface area contributed by atoms with E-state index in [1.807, 2.05) is 37.3 Å². The molecule has 0 bridgehead atoms. The van der Waals surface area contributed by atoms with E-state index in [0.717, 1.165) is 22.5 Å². The maximum atomic E-state index is 12.0. The van der Waals surface area contributed by atoms with Crippen molar-refractivity contribution in [1.82, 2.24) is 10.3 Å². The Balaban J connectivity index is 1.64. The Morgan fingerprint density at radius 1 is 1.21 bits per heavy atom. The third-order valence-electron chi connectivity index (χ3n) is 4.06. The van der Waals surface area contributed by atoms with Crippen molar-refractivity contribution in [3.8, 4) is 0 Å². The molecule has 0 saturated heterocycles. The lowest BCUT2D eigenvalue weighted by Crippen LogP contribution is -2.35. The maximum Gasteiger partial charge on any atom is 0.319 e. The summed E-state index contributed by atoms with van der Waals surface area (Å²) in [5.74, 6) is 0.154. The average Bonchev–Trinajstić information content (AvgIpc) is 2.61. The Labute approximate surface area is 140 Å². The second kappa shape index (κ2) is 7.12. The van der Waals surface area contributed by atoms with Crippen LogP contribution < -0.4 is 15.5 Å². The van der Waals surface area contributed by atoms with E-state index >= 15 is 0 Å². The number of aryl methyl sites for hydroxylation is 1. The van der Waals surface area contributed by atoms with Gasteiger partial charge in [-0.05, 0) is 54.8 Å². The van der Waals surface area contributed by atoms with Gasteiger partial charge in [0.15, 0.2) is 0 Å². The number of amides is 3. The van der Waals surface area contributed by atoms with Gasteiger partial charge in [0, 0.05) is 43.3 Å². The number of hydrogen-bond acceptors (Lipinski definition) is 3. The van der Waals surface area contributed by atoms with Crippen molar-refractivity contribution in [3.05, 3.63) is 53.9 Å². The molecule has 2 heterocycles. The molecular weight excluding hydrogens is 304 g/mol. The van der Waals surface area contributed by atoms with E-state index in [2.05, 4.69) is 15.6 Å². The van der Waals surface area contributed by atoms with Crippen LogP contribution in [0.5, 0.6) is 0 Å². The van der Waals surface area contributed by atoms with Gasteiger partial charge in [-0.1, -0.05) is 0 Å². The maximum absolute atomic E-state index is 12.0. The summed E-state index contributed by atoms with van der Waals surface area (Å²) < 4.78 is 0. The highest BCUT2D eigenvalue weighted by atomic mass is 16.2. The zero-order chi connectivity index (χ0) is 16.9. The summed E-state index contributed by atoms with van der Waals surface area (Å²) in [6, 6.07) is 9.12. The van der Waals surface area contributed by atoms with Crippen molar-refractivity contribution < 1.29 is 9.59 Å². The molecule has 0 aliphatic carbocycles. The largest absolute Gasteiger partial charge is 0.334 e. The Kier molecular flexibility index (Phi) is 4.74. The van der Waals surface area contributed by atoms with Crippen LogP contribution in [0.15, 0.2) is 42.7 Å². The number of aromatic nitrogens is 1. The van der Waals surface area contributed by atoms with Crippen LogP contribution in [0.4, 0.5) is 16.2 Å². The van der Waals surface area contributed by atoms with Gasteiger partial charge < -0.3 is 15.5 Å². The van der Waals surface area contributed by atoms with Crippen LogP contribution >= 0.6 is 0 Å². The van der Waals surface area contributed by atoms with Gasteiger partial charge in [-0.2, -0.15) is 0 Å². The number of rotatable bonds is 4. The first-order valence-electron chi connectivity index (χ1n) is 8.04. The van der Waals surface area contributed by atoms with Crippen molar-refractivity contribution >= 4 is 23.3 Å². The van der Waals surface area contributed by atoms with E-state index in [1.165, 1.54) is 0 Å². The molecule has 124 valence electrons. The lowest BCUT2D eigenvalue weighted by molar-refractivity contribution is -0.118. The number of pyridine rings is 1. The summed E-state index contributed by atoms with van der Waals surface area (Å²) in [4.78, 5) is 29.7. The molecule has 2 aromatic rings. The Morgan fingerprint density at radius 2 is 2.00 bits per heavy atom. The summed E-state index contributed by atoms with van der Waals surface area (Å²) in [6.45, 7) is 3.06. The zero-order valence-corrected chi connectivity index (χ0v) is 13.6. The Bertz CT molecular complexity index is 746. The number of benzene rings is 1. The van der Waals surface area contributed by atoms with Gasteiger partial charge in [0.05, 0.1) is 0 Å². The standard InChI is InChI=1S/C18H20N4O2/c1-2-22-16-5-4-15(11-14(16)3-6-17(22)23)21-18(24)20-12-13-7-9-19-10-8-13/h4-5,7-11H,2-3,6,12H2,1H3,(H2,20,21,24). The minimum absolute atomic E-state index is 0.154. The van der Waals surface area contributed by atoms with Crippen LogP contribution in [0.1, 0.15) is 24.5 Å². The van der Waals surface area contributed by atoms with Crippen LogP contribution in [0.25, 0.3) is 0 Å². The number of anilines is 2. The zero-order valence-electron chi connectivity index (χ0n) is 13.6. The fourth-order valence-corrected chi connectivity index (χ4v) is 2.84.